The molecule has 1 N–H and O–H groups in total. The van der Waals surface area contributed by atoms with Crippen LogP contribution in [0.4, 0.5) is 10.5 Å². The lowest BCUT2D eigenvalue weighted by Crippen LogP contribution is -2.50. The van der Waals surface area contributed by atoms with Crippen LogP contribution in [0.3, 0.4) is 0 Å². The number of carbonyl (C=O) groups excluding carboxylic acids is 1. The van der Waals surface area contributed by atoms with Crippen molar-refractivity contribution in [3.05, 3.63) is 53.7 Å². The van der Waals surface area contributed by atoms with Crippen LogP contribution in [0, 0.1) is 0 Å². The number of ether oxygens (including phenoxy) is 1. The molecular formula is C19H20ClN3O2. The maximum Gasteiger partial charge on any atom is 0.322 e. The number of amides is 2. The van der Waals surface area contributed by atoms with E-state index in [1.54, 1.807) is 18.3 Å². The van der Waals surface area contributed by atoms with Crippen LogP contribution in [0.1, 0.15) is 25.7 Å². The number of benzene rings is 1. The summed E-state index contributed by atoms with van der Waals surface area (Å²) in [5.41, 5.74) is 0.726. The van der Waals surface area contributed by atoms with Crippen molar-refractivity contribution in [2.24, 2.45) is 0 Å². The fraction of sp³-hybridized carbons (Fsp3) is 0.368. The van der Waals surface area contributed by atoms with E-state index in [2.05, 4.69) is 10.3 Å². The molecule has 130 valence electrons. The van der Waals surface area contributed by atoms with Crippen molar-refractivity contribution >= 4 is 23.3 Å². The van der Waals surface area contributed by atoms with Crippen LogP contribution >= 0.6 is 11.6 Å². The van der Waals surface area contributed by atoms with Gasteiger partial charge in [0, 0.05) is 47.9 Å². The number of urea groups is 1. The van der Waals surface area contributed by atoms with Gasteiger partial charge in [0.15, 0.2) is 0 Å². The predicted molar refractivity (Wildman–Crippen MR) is 97.0 cm³/mol. The summed E-state index contributed by atoms with van der Waals surface area (Å²) in [6.45, 7) is 0. The highest BCUT2D eigenvalue weighted by atomic mass is 35.5. The van der Waals surface area contributed by atoms with Gasteiger partial charge in [0.25, 0.3) is 0 Å². The third-order valence-corrected chi connectivity index (χ3v) is 5.16. The number of anilines is 1. The largest absolute Gasteiger partial charge is 0.474 e. The summed E-state index contributed by atoms with van der Waals surface area (Å²) in [4.78, 5) is 18.9. The van der Waals surface area contributed by atoms with Gasteiger partial charge in [-0.3, -0.25) is 0 Å². The van der Waals surface area contributed by atoms with Gasteiger partial charge in [-0.1, -0.05) is 23.7 Å². The average Bonchev–Trinajstić information content (AvgIpc) is 2.87. The molecule has 2 aliphatic heterocycles. The molecule has 2 fully saturated rings. The molecule has 4 rings (SSSR count). The number of hydrogen-bond donors (Lipinski definition) is 1. The molecule has 1 aromatic heterocycles. The Kier molecular flexibility index (Phi) is 4.49. The summed E-state index contributed by atoms with van der Waals surface area (Å²) in [5, 5.41) is 3.58. The summed E-state index contributed by atoms with van der Waals surface area (Å²) in [5.74, 6) is 0.656. The van der Waals surface area contributed by atoms with Crippen molar-refractivity contribution in [1.82, 2.24) is 9.88 Å². The number of piperidine rings is 1. The standard InChI is InChI=1S/C19H20ClN3O2/c20-13-4-3-5-14(10-13)22-19(24)23-15-7-8-16(23)12-17(11-15)25-18-6-1-2-9-21-18/h1-6,9-10,15-17H,7-8,11-12H2,(H,22,24). The molecule has 25 heavy (non-hydrogen) atoms. The van der Waals surface area contributed by atoms with Crippen LogP contribution in [0.15, 0.2) is 48.7 Å². The molecule has 0 spiro atoms. The Labute approximate surface area is 152 Å². The second kappa shape index (κ2) is 6.92. The molecule has 0 radical (unpaired) electrons. The van der Waals surface area contributed by atoms with Crippen molar-refractivity contribution in [3.8, 4) is 5.88 Å². The Morgan fingerprint density at radius 2 is 1.96 bits per heavy atom. The van der Waals surface area contributed by atoms with E-state index in [4.69, 9.17) is 16.3 Å². The number of carbonyl (C=O) groups is 1. The molecule has 1 aromatic carbocycles. The van der Waals surface area contributed by atoms with Gasteiger partial charge in [-0.15, -0.1) is 0 Å². The van der Waals surface area contributed by atoms with Crippen LogP contribution < -0.4 is 10.1 Å². The maximum atomic E-state index is 12.7. The number of fused-ring (bicyclic) bond motifs is 2. The number of hydrogen-bond acceptors (Lipinski definition) is 3. The lowest BCUT2D eigenvalue weighted by Gasteiger charge is -2.38. The first-order valence-corrected chi connectivity index (χ1v) is 8.99. The number of pyridine rings is 1. The number of halogens is 1. The maximum absolute atomic E-state index is 12.7. The second-order valence-corrected chi connectivity index (χ2v) is 7.05. The van der Waals surface area contributed by atoms with E-state index in [-0.39, 0.29) is 24.2 Å². The van der Waals surface area contributed by atoms with Crippen LogP contribution in [0.5, 0.6) is 5.88 Å². The van der Waals surface area contributed by atoms with Gasteiger partial charge in [-0.05, 0) is 37.1 Å². The molecule has 2 bridgehead atoms. The number of rotatable bonds is 3. The zero-order valence-corrected chi connectivity index (χ0v) is 14.5. The van der Waals surface area contributed by atoms with Crippen LogP contribution in [-0.2, 0) is 0 Å². The van der Waals surface area contributed by atoms with Gasteiger partial charge in [0.2, 0.25) is 5.88 Å². The molecule has 2 unspecified atom stereocenters. The summed E-state index contributed by atoms with van der Waals surface area (Å²) in [6.07, 6.45) is 5.58. The minimum absolute atomic E-state index is 0.0500. The Balaban J connectivity index is 1.41. The first-order chi connectivity index (χ1) is 12.2. The fourth-order valence-corrected chi connectivity index (χ4v) is 4.09. The first-order valence-electron chi connectivity index (χ1n) is 8.61. The van der Waals surface area contributed by atoms with Gasteiger partial charge in [-0.25, -0.2) is 9.78 Å². The monoisotopic (exact) mass is 357 g/mol. The quantitative estimate of drug-likeness (QED) is 0.888. The van der Waals surface area contributed by atoms with Gasteiger partial charge in [0.05, 0.1) is 0 Å². The Morgan fingerprint density at radius 1 is 1.16 bits per heavy atom. The van der Waals surface area contributed by atoms with E-state index in [9.17, 15) is 4.79 Å². The van der Waals surface area contributed by atoms with Gasteiger partial charge in [0.1, 0.15) is 6.10 Å². The zero-order chi connectivity index (χ0) is 17.2. The van der Waals surface area contributed by atoms with Crippen molar-refractivity contribution < 1.29 is 9.53 Å². The molecule has 3 heterocycles. The van der Waals surface area contributed by atoms with Crippen molar-refractivity contribution in [2.45, 2.75) is 43.9 Å². The van der Waals surface area contributed by atoms with E-state index in [1.165, 1.54) is 0 Å². The van der Waals surface area contributed by atoms with Gasteiger partial charge >= 0.3 is 6.03 Å². The van der Waals surface area contributed by atoms with Gasteiger partial charge < -0.3 is 15.0 Å². The summed E-state index contributed by atoms with van der Waals surface area (Å²) in [7, 11) is 0. The van der Waals surface area contributed by atoms with Crippen molar-refractivity contribution in [1.29, 1.82) is 0 Å². The topological polar surface area (TPSA) is 54.5 Å². The summed E-state index contributed by atoms with van der Waals surface area (Å²) >= 11 is 5.99. The minimum Gasteiger partial charge on any atom is -0.474 e. The lowest BCUT2D eigenvalue weighted by atomic mass is 10.00. The summed E-state index contributed by atoms with van der Waals surface area (Å²) in [6, 6.07) is 13.3. The molecule has 2 atom stereocenters. The molecule has 2 aromatic rings. The number of nitrogens with one attached hydrogen (secondary N) is 1. The van der Waals surface area contributed by atoms with Crippen molar-refractivity contribution in [3.63, 3.8) is 0 Å². The molecule has 5 nitrogen and oxygen atoms in total. The van der Waals surface area contributed by atoms with E-state index in [0.29, 0.717) is 10.9 Å². The lowest BCUT2D eigenvalue weighted by molar-refractivity contribution is 0.0704. The Morgan fingerprint density at radius 3 is 2.64 bits per heavy atom. The third-order valence-electron chi connectivity index (χ3n) is 4.93. The van der Waals surface area contributed by atoms with E-state index in [1.807, 2.05) is 35.2 Å². The molecule has 2 saturated heterocycles. The SMILES string of the molecule is O=C(Nc1cccc(Cl)c1)N1C2CCC1CC(Oc1ccccn1)C2. The smallest absolute Gasteiger partial charge is 0.322 e. The zero-order valence-electron chi connectivity index (χ0n) is 13.8. The van der Waals surface area contributed by atoms with Crippen LogP contribution in [0.25, 0.3) is 0 Å². The predicted octanol–water partition coefficient (Wildman–Crippen LogP) is 4.34. The third kappa shape index (κ3) is 3.56. The Bertz CT molecular complexity index is 741. The van der Waals surface area contributed by atoms with Crippen molar-refractivity contribution in [2.75, 3.05) is 5.32 Å². The Hall–Kier alpha value is -2.27. The normalized spacial score (nSPS) is 24.8. The highest BCUT2D eigenvalue weighted by Crippen LogP contribution is 2.37. The molecule has 6 heteroatoms. The van der Waals surface area contributed by atoms with Crippen LogP contribution in [-0.4, -0.2) is 34.1 Å². The molecule has 0 saturated carbocycles. The summed E-state index contributed by atoms with van der Waals surface area (Å²) < 4.78 is 6.01. The number of nitrogens with zero attached hydrogens (tertiary/aromatic N) is 2. The molecule has 2 aliphatic rings. The highest BCUT2D eigenvalue weighted by Gasteiger charge is 2.44. The highest BCUT2D eigenvalue weighted by molar-refractivity contribution is 6.30. The minimum atomic E-state index is -0.0500. The second-order valence-electron chi connectivity index (χ2n) is 6.61. The molecule has 0 aliphatic carbocycles. The fourth-order valence-electron chi connectivity index (χ4n) is 3.90. The molecule has 2 amide bonds. The first kappa shape index (κ1) is 16.2. The molecular weight excluding hydrogens is 338 g/mol. The van der Waals surface area contributed by atoms with E-state index in [0.717, 1.165) is 31.4 Å². The average molecular weight is 358 g/mol. The van der Waals surface area contributed by atoms with Gasteiger partial charge in [-0.2, -0.15) is 0 Å². The number of aromatic nitrogens is 1. The van der Waals surface area contributed by atoms with E-state index >= 15 is 0 Å². The van der Waals surface area contributed by atoms with E-state index < -0.39 is 0 Å². The van der Waals surface area contributed by atoms with Crippen LogP contribution in [0.2, 0.25) is 5.02 Å².